The van der Waals surface area contributed by atoms with Crippen molar-refractivity contribution in [1.29, 1.82) is 0 Å². The van der Waals surface area contributed by atoms with Crippen LogP contribution in [0.3, 0.4) is 0 Å². The standard InChI is InChI=1S/C23H28FN5O.HI/c1-17(2)30-21-10-8-19(9-11-21)28-23(26-16-20-13-15-27-29(20)3)25-14-12-18-6-4-5-7-22(18)24;/h4-11,13,15,17H,12,14,16H2,1-3H3,(H2,25,26,28);1H. The lowest BCUT2D eigenvalue weighted by molar-refractivity contribution is 0.242. The topological polar surface area (TPSA) is 63.5 Å². The Kier molecular flexibility index (Phi) is 9.77. The van der Waals surface area contributed by atoms with Gasteiger partial charge in [0.1, 0.15) is 11.6 Å². The lowest BCUT2D eigenvalue weighted by Gasteiger charge is -2.14. The molecular weight excluding hydrogens is 508 g/mol. The van der Waals surface area contributed by atoms with Gasteiger partial charge in [-0.3, -0.25) is 4.68 Å². The molecule has 0 aliphatic heterocycles. The molecule has 0 radical (unpaired) electrons. The molecular formula is C23H29FIN5O. The summed E-state index contributed by atoms with van der Waals surface area (Å²) in [6, 6.07) is 16.5. The summed E-state index contributed by atoms with van der Waals surface area (Å²) in [6.07, 6.45) is 2.43. The fourth-order valence-corrected chi connectivity index (χ4v) is 2.90. The van der Waals surface area contributed by atoms with Crippen LogP contribution in [0.4, 0.5) is 10.1 Å². The van der Waals surface area contributed by atoms with Crippen LogP contribution < -0.4 is 15.4 Å². The fraction of sp³-hybridized carbons (Fsp3) is 0.304. The first-order valence-corrected chi connectivity index (χ1v) is 10.0. The first kappa shape index (κ1) is 24.6. The number of ether oxygens (including phenoxy) is 1. The Labute approximate surface area is 199 Å². The maximum absolute atomic E-state index is 13.9. The number of halogens is 2. The van der Waals surface area contributed by atoms with E-state index in [1.165, 1.54) is 6.07 Å². The molecule has 0 amide bonds. The Morgan fingerprint density at radius 3 is 2.52 bits per heavy atom. The number of hydrogen-bond donors (Lipinski definition) is 2. The van der Waals surface area contributed by atoms with Crippen molar-refractivity contribution < 1.29 is 9.13 Å². The molecule has 0 aliphatic carbocycles. The number of benzene rings is 2. The minimum absolute atomic E-state index is 0. The van der Waals surface area contributed by atoms with Crippen LogP contribution in [0.15, 0.2) is 65.8 Å². The number of anilines is 1. The van der Waals surface area contributed by atoms with Crippen molar-refractivity contribution in [2.24, 2.45) is 12.0 Å². The maximum atomic E-state index is 13.9. The minimum atomic E-state index is -0.193. The SMILES string of the molecule is CC(C)Oc1ccc(NC(=NCc2ccnn2C)NCCc2ccccc2F)cc1.I. The Hall–Kier alpha value is -2.62. The summed E-state index contributed by atoms with van der Waals surface area (Å²) in [4.78, 5) is 4.66. The zero-order valence-electron chi connectivity index (χ0n) is 18.0. The molecule has 31 heavy (non-hydrogen) atoms. The van der Waals surface area contributed by atoms with Gasteiger partial charge in [0.2, 0.25) is 0 Å². The van der Waals surface area contributed by atoms with Gasteiger partial charge in [-0.15, -0.1) is 24.0 Å². The molecule has 2 aromatic carbocycles. The van der Waals surface area contributed by atoms with Gasteiger partial charge in [0.15, 0.2) is 5.96 Å². The van der Waals surface area contributed by atoms with Crippen LogP contribution in [0.1, 0.15) is 25.1 Å². The van der Waals surface area contributed by atoms with E-state index in [1.54, 1.807) is 23.0 Å². The van der Waals surface area contributed by atoms with Gasteiger partial charge in [-0.05, 0) is 62.2 Å². The van der Waals surface area contributed by atoms with Crippen molar-refractivity contribution in [1.82, 2.24) is 15.1 Å². The van der Waals surface area contributed by atoms with Crippen molar-refractivity contribution in [3.8, 4) is 5.75 Å². The first-order chi connectivity index (χ1) is 14.5. The highest BCUT2D eigenvalue weighted by Gasteiger charge is 2.05. The molecule has 8 heteroatoms. The lowest BCUT2D eigenvalue weighted by atomic mass is 10.1. The number of nitrogens with zero attached hydrogens (tertiary/aromatic N) is 3. The number of guanidine groups is 1. The van der Waals surface area contributed by atoms with Crippen molar-refractivity contribution in [3.63, 3.8) is 0 Å². The Bertz CT molecular complexity index is 972. The second-order valence-corrected chi connectivity index (χ2v) is 7.20. The van der Waals surface area contributed by atoms with Gasteiger partial charge < -0.3 is 15.4 Å². The summed E-state index contributed by atoms with van der Waals surface area (Å²) in [7, 11) is 1.89. The fourth-order valence-electron chi connectivity index (χ4n) is 2.90. The quantitative estimate of drug-likeness (QED) is 0.247. The van der Waals surface area contributed by atoms with Gasteiger partial charge in [0.25, 0.3) is 0 Å². The van der Waals surface area contributed by atoms with E-state index in [4.69, 9.17) is 4.74 Å². The normalized spacial score (nSPS) is 11.2. The summed E-state index contributed by atoms with van der Waals surface area (Å²) >= 11 is 0. The molecule has 0 saturated carbocycles. The Morgan fingerprint density at radius 1 is 1.13 bits per heavy atom. The van der Waals surface area contributed by atoms with E-state index in [0.717, 1.165) is 17.1 Å². The lowest BCUT2D eigenvalue weighted by Crippen LogP contribution is -2.32. The second-order valence-electron chi connectivity index (χ2n) is 7.20. The van der Waals surface area contributed by atoms with E-state index in [0.29, 0.717) is 31.0 Å². The van der Waals surface area contributed by atoms with E-state index in [2.05, 4.69) is 20.7 Å². The van der Waals surface area contributed by atoms with Crippen molar-refractivity contribution in [2.75, 3.05) is 11.9 Å². The van der Waals surface area contributed by atoms with Gasteiger partial charge >= 0.3 is 0 Å². The molecule has 0 fully saturated rings. The average molecular weight is 537 g/mol. The molecule has 0 unspecified atom stereocenters. The zero-order valence-corrected chi connectivity index (χ0v) is 20.3. The molecule has 3 rings (SSSR count). The zero-order chi connectivity index (χ0) is 21.3. The molecule has 1 heterocycles. The molecule has 0 saturated heterocycles. The van der Waals surface area contributed by atoms with Crippen molar-refractivity contribution in [3.05, 3.63) is 77.9 Å². The molecule has 166 valence electrons. The molecule has 3 aromatic rings. The van der Waals surface area contributed by atoms with Crippen molar-refractivity contribution in [2.45, 2.75) is 32.9 Å². The molecule has 6 nitrogen and oxygen atoms in total. The molecule has 0 aliphatic rings. The van der Waals surface area contributed by atoms with Gasteiger partial charge in [-0.1, -0.05) is 18.2 Å². The molecule has 0 spiro atoms. The number of nitrogens with one attached hydrogen (secondary N) is 2. The number of rotatable bonds is 8. The predicted octanol–water partition coefficient (Wildman–Crippen LogP) is 4.76. The third-order valence-electron chi connectivity index (χ3n) is 4.46. The number of aryl methyl sites for hydroxylation is 1. The van der Waals surface area contributed by atoms with Gasteiger partial charge in [0, 0.05) is 25.5 Å². The Morgan fingerprint density at radius 2 is 1.87 bits per heavy atom. The van der Waals surface area contributed by atoms with E-state index in [1.807, 2.05) is 57.3 Å². The van der Waals surface area contributed by atoms with Crippen LogP contribution in [0, 0.1) is 5.82 Å². The highest BCUT2D eigenvalue weighted by atomic mass is 127. The van der Waals surface area contributed by atoms with E-state index in [9.17, 15) is 4.39 Å². The molecule has 0 bridgehead atoms. The third kappa shape index (κ3) is 7.86. The smallest absolute Gasteiger partial charge is 0.196 e. The summed E-state index contributed by atoms with van der Waals surface area (Å²) in [5, 5.41) is 10.8. The highest BCUT2D eigenvalue weighted by Crippen LogP contribution is 2.17. The summed E-state index contributed by atoms with van der Waals surface area (Å²) in [6.45, 7) is 5.01. The van der Waals surface area contributed by atoms with E-state index >= 15 is 0 Å². The summed E-state index contributed by atoms with van der Waals surface area (Å²) < 4.78 is 21.4. The van der Waals surface area contributed by atoms with Crippen LogP contribution >= 0.6 is 24.0 Å². The van der Waals surface area contributed by atoms with E-state index in [-0.39, 0.29) is 35.9 Å². The highest BCUT2D eigenvalue weighted by molar-refractivity contribution is 14.0. The Balaban J connectivity index is 0.00000341. The van der Waals surface area contributed by atoms with Gasteiger partial charge in [-0.25, -0.2) is 9.38 Å². The van der Waals surface area contributed by atoms with Crippen molar-refractivity contribution >= 4 is 35.6 Å². The summed E-state index contributed by atoms with van der Waals surface area (Å²) in [5.74, 6) is 1.24. The number of aromatic nitrogens is 2. The molecule has 2 N–H and O–H groups in total. The second kappa shape index (κ2) is 12.3. The molecule has 1 aromatic heterocycles. The summed E-state index contributed by atoms with van der Waals surface area (Å²) in [5.41, 5.74) is 2.55. The minimum Gasteiger partial charge on any atom is -0.491 e. The monoisotopic (exact) mass is 537 g/mol. The average Bonchev–Trinajstić information content (AvgIpc) is 3.13. The number of hydrogen-bond acceptors (Lipinski definition) is 3. The van der Waals surface area contributed by atoms with Crippen LogP contribution in [0.5, 0.6) is 5.75 Å². The largest absolute Gasteiger partial charge is 0.491 e. The van der Waals surface area contributed by atoms with E-state index < -0.39 is 0 Å². The third-order valence-corrected chi connectivity index (χ3v) is 4.46. The van der Waals surface area contributed by atoms with Gasteiger partial charge in [-0.2, -0.15) is 5.10 Å². The molecule has 0 atom stereocenters. The first-order valence-electron chi connectivity index (χ1n) is 10.0. The van der Waals surface area contributed by atoms with Crippen LogP contribution in [0.25, 0.3) is 0 Å². The maximum Gasteiger partial charge on any atom is 0.196 e. The van der Waals surface area contributed by atoms with Gasteiger partial charge in [0.05, 0.1) is 18.3 Å². The van der Waals surface area contributed by atoms with Crippen LogP contribution in [-0.4, -0.2) is 28.4 Å². The number of aliphatic imine (C=N–C) groups is 1. The van der Waals surface area contributed by atoms with Crippen LogP contribution in [0.2, 0.25) is 0 Å². The van der Waals surface area contributed by atoms with Crippen LogP contribution in [-0.2, 0) is 20.0 Å². The predicted molar refractivity (Wildman–Crippen MR) is 134 cm³/mol.